The molecule has 32 heavy (non-hydrogen) atoms. The van der Waals surface area contributed by atoms with Crippen LogP contribution in [0.25, 0.3) is 0 Å². The molecule has 1 spiro atoms. The lowest BCUT2D eigenvalue weighted by molar-refractivity contribution is -0.133. The number of benzene rings is 2. The average Bonchev–Trinajstić information content (AvgIpc) is 3.03. The predicted molar refractivity (Wildman–Crippen MR) is 124 cm³/mol. The van der Waals surface area contributed by atoms with E-state index in [0.717, 1.165) is 19.8 Å². The van der Waals surface area contributed by atoms with Crippen LogP contribution in [0.1, 0.15) is 44.7 Å². The van der Waals surface area contributed by atoms with E-state index in [9.17, 15) is 9.59 Å². The molecule has 0 saturated carbocycles. The minimum absolute atomic E-state index is 0.138. The summed E-state index contributed by atoms with van der Waals surface area (Å²) in [7, 11) is 0. The molecule has 2 aromatic carbocycles. The van der Waals surface area contributed by atoms with E-state index in [2.05, 4.69) is 34.1 Å². The van der Waals surface area contributed by atoms with E-state index in [4.69, 9.17) is 4.74 Å². The fraction of sp³-hybridized carbons (Fsp3) is 0.462. The van der Waals surface area contributed by atoms with E-state index in [1.54, 1.807) is 0 Å². The molecule has 170 valence electrons. The summed E-state index contributed by atoms with van der Waals surface area (Å²) in [6.07, 6.45) is 0.500. The zero-order valence-corrected chi connectivity index (χ0v) is 19.3. The third kappa shape index (κ3) is 5.19. The number of carbonyl (C=O) groups excluding carboxylic acids is 2. The molecule has 0 atom stereocenters. The van der Waals surface area contributed by atoms with Gasteiger partial charge in [0.1, 0.15) is 5.60 Å². The Hall–Kier alpha value is -2.70. The maximum Gasteiger partial charge on any atom is 0.417 e. The summed E-state index contributed by atoms with van der Waals surface area (Å²) in [4.78, 5) is 32.1. The fourth-order valence-corrected chi connectivity index (χ4v) is 4.89. The standard InChI is InChI=1S/C26H33N3O3/c1-25(2,3)32-24(31)29-23(30)14-15-26(29)18-27(16-21-10-6-4-7-11-21)20-28(19-26)17-22-12-8-5-9-13-22/h4-13H,14-20H2,1-3H3. The van der Waals surface area contributed by atoms with Crippen LogP contribution in [0.2, 0.25) is 0 Å². The van der Waals surface area contributed by atoms with Crippen molar-refractivity contribution in [2.75, 3.05) is 19.8 Å². The van der Waals surface area contributed by atoms with Gasteiger partial charge in [-0.15, -0.1) is 0 Å². The monoisotopic (exact) mass is 435 g/mol. The Labute approximate surface area is 190 Å². The van der Waals surface area contributed by atoms with Gasteiger partial charge in [0, 0.05) is 32.6 Å². The summed E-state index contributed by atoms with van der Waals surface area (Å²) in [5.74, 6) is -0.138. The highest BCUT2D eigenvalue weighted by Crippen LogP contribution is 2.37. The van der Waals surface area contributed by atoms with Crippen LogP contribution in [0.4, 0.5) is 4.79 Å². The van der Waals surface area contributed by atoms with Crippen molar-refractivity contribution in [3.63, 3.8) is 0 Å². The molecule has 2 aromatic rings. The topological polar surface area (TPSA) is 53.1 Å². The van der Waals surface area contributed by atoms with Crippen molar-refractivity contribution >= 4 is 12.0 Å². The molecule has 0 aliphatic carbocycles. The molecule has 2 aliphatic heterocycles. The number of rotatable bonds is 4. The van der Waals surface area contributed by atoms with Gasteiger partial charge < -0.3 is 4.74 Å². The van der Waals surface area contributed by atoms with Gasteiger partial charge in [-0.3, -0.25) is 14.6 Å². The van der Waals surface area contributed by atoms with Gasteiger partial charge in [0.25, 0.3) is 0 Å². The van der Waals surface area contributed by atoms with Crippen molar-refractivity contribution in [1.29, 1.82) is 0 Å². The van der Waals surface area contributed by atoms with E-state index in [1.165, 1.54) is 16.0 Å². The summed E-state index contributed by atoms with van der Waals surface area (Å²) in [5.41, 5.74) is 1.21. The van der Waals surface area contributed by atoms with E-state index in [1.807, 2.05) is 57.2 Å². The summed E-state index contributed by atoms with van der Waals surface area (Å²) < 4.78 is 5.66. The van der Waals surface area contributed by atoms with E-state index < -0.39 is 17.2 Å². The molecule has 4 rings (SSSR count). The molecule has 0 unspecified atom stereocenters. The summed E-state index contributed by atoms with van der Waals surface area (Å²) in [5, 5.41) is 0. The Morgan fingerprint density at radius 3 is 1.88 bits per heavy atom. The Morgan fingerprint density at radius 2 is 1.41 bits per heavy atom. The summed E-state index contributed by atoms with van der Waals surface area (Å²) in [6, 6.07) is 20.7. The van der Waals surface area contributed by atoms with Gasteiger partial charge in [0.05, 0.1) is 12.2 Å². The number of amides is 2. The molecule has 0 radical (unpaired) electrons. The number of imide groups is 1. The Bertz CT molecular complexity index is 890. The molecule has 2 aliphatic rings. The maximum atomic E-state index is 13.1. The second-order valence-electron chi connectivity index (χ2n) is 10.0. The molecule has 2 fully saturated rings. The van der Waals surface area contributed by atoms with Crippen LogP contribution < -0.4 is 0 Å². The lowest BCUT2D eigenvalue weighted by atomic mass is 9.92. The number of likely N-dealkylation sites (tertiary alicyclic amines) is 1. The van der Waals surface area contributed by atoms with Crippen LogP contribution >= 0.6 is 0 Å². The van der Waals surface area contributed by atoms with E-state index in [-0.39, 0.29) is 5.91 Å². The van der Waals surface area contributed by atoms with Gasteiger partial charge in [-0.2, -0.15) is 0 Å². The van der Waals surface area contributed by atoms with Gasteiger partial charge in [-0.05, 0) is 38.3 Å². The Balaban J connectivity index is 1.62. The first-order chi connectivity index (χ1) is 15.2. The normalized spacial score (nSPS) is 19.5. The van der Waals surface area contributed by atoms with Crippen molar-refractivity contribution in [3.05, 3.63) is 71.8 Å². The number of carbonyl (C=O) groups is 2. The molecule has 0 bridgehead atoms. The first-order valence-corrected chi connectivity index (χ1v) is 11.3. The minimum atomic E-state index is -0.650. The van der Waals surface area contributed by atoms with Crippen molar-refractivity contribution in [2.24, 2.45) is 0 Å². The van der Waals surface area contributed by atoms with Gasteiger partial charge >= 0.3 is 6.09 Å². The second kappa shape index (κ2) is 9.04. The van der Waals surface area contributed by atoms with Crippen molar-refractivity contribution in [1.82, 2.24) is 14.7 Å². The number of hydrogen-bond acceptors (Lipinski definition) is 5. The number of nitrogens with zero attached hydrogens (tertiary/aromatic N) is 3. The van der Waals surface area contributed by atoms with Gasteiger partial charge in [0.15, 0.2) is 0 Å². The first kappa shape index (κ1) is 22.5. The molecule has 0 aromatic heterocycles. The third-order valence-corrected chi connectivity index (χ3v) is 6.04. The first-order valence-electron chi connectivity index (χ1n) is 11.3. The fourth-order valence-electron chi connectivity index (χ4n) is 4.89. The quantitative estimate of drug-likeness (QED) is 0.718. The third-order valence-electron chi connectivity index (χ3n) is 6.04. The molecular formula is C26H33N3O3. The van der Waals surface area contributed by atoms with Gasteiger partial charge in [-0.1, -0.05) is 60.7 Å². The smallest absolute Gasteiger partial charge is 0.417 e. The molecular weight excluding hydrogens is 402 g/mol. The van der Waals surface area contributed by atoms with Crippen LogP contribution in [-0.4, -0.2) is 57.6 Å². The zero-order chi connectivity index (χ0) is 22.8. The number of ether oxygens (including phenoxy) is 1. The van der Waals surface area contributed by atoms with Crippen molar-refractivity contribution in [3.8, 4) is 0 Å². The molecule has 0 N–H and O–H groups in total. The second-order valence-corrected chi connectivity index (χ2v) is 10.0. The largest absolute Gasteiger partial charge is 0.443 e. The molecule has 6 nitrogen and oxygen atoms in total. The average molecular weight is 436 g/mol. The zero-order valence-electron chi connectivity index (χ0n) is 19.3. The minimum Gasteiger partial charge on any atom is -0.443 e. The lowest BCUT2D eigenvalue weighted by Gasteiger charge is -2.49. The van der Waals surface area contributed by atoms with Crippen molar-refractivity contribution < 1.29 is 14.3 Å². The molecule has 2 heterocycles. The van der Waals surface area contributed by atoms with Crippen LogP contribution in [0.15, 0.2) is 60.7 Å². The van der Waals surface area contributed by atoms with Gasteiger partial charge in [0.2, 0.25) is 5.91 Å². The van der Waals surface area contributed by atoms with Crippen LogP contribution in [0.3, 0.4) is 0 Å². The lowest BCUT2D eigenvalue weighted by Crippen LogP contribution is -2.66. The van der Waals surface area contributed by atoms with Crippen molar-refractivity contribution in [2.45, 2.75) is 57.8 Å². The predicted octanol–water partition coefficient (Wildman–Crippen LogP) is 4.26. The Kier molecular flexibility index (Phi) is 6.35. The van der Waals surface area contributed by atoms with Crippen LogP contribution in [0, 0.1) is 0 Å². The molecule has 2 saturated heterocycles. The molecule has 2 amide bonds. The van der Waals surface area contributed by atoms with Gasteiger partial charge in [-0.25, -0.2) is 9.69 Å². The maximum absolute atomic E-state index is 13.1. The highest BCUT2D eigenvalue weighted by Gasteiger charge is 2.53. The Morgan fingerprint density at radius 1 is 0.906 bits per heavy atom. The summed E-state index contributed by atoms with van der Waals surface area (Å²) in [6.45, 7) is 9.12. The van der Waals surface area contributed by atoms with E-state index in [0.29, 0.717) is 25.9 Å². The van der Waals surface area contributed by atoms with Crippen LogP contribution in [-0.2, 0) is 22.6 Å². The van der Waals surface area contributed by atoms with Crippen LogP contribution in [0.5, 0.6) is 0 Å². The highest BCUT2D eigenvalue weighted by atomic mass is 16.6. The molecule has 6 heteroatoms. The highest BCUT2D eigenvalue weighted by molar-refractivity contribution is 5.95. The number of hydrogen-bond donors (Lipinski definition) is 0. The van der Waals surface area contributed by atoms with E-state index >= 15 is 0 Å². The SMILES string of the molecule is CC(C)(C)OC(=O)N1C(=O)CCC12CN(Cc1ccccc1)CN(Cc1ccccc1)C2. The summed E-state index contributed by atoms with van der Waals surface area (Å²) >= 11 is 0.